The van der Waals surface area contributed by atoms with Crippen molar-refractivity contribution < 1.29 is 33.7 Å². The number of hydrogen-bond donors (Lipinski definition) is 3. The van der Waals surface area contributed by atoms with Crippen molar-refractivity contribution in [2.45, 2.75) is 90.5 Å². The molecule has 0 fully saturated rings. The highest BCUT2D eigenvalue weighted by Crippen LogP contribution is 2.44. The van der Waals surface area contributed by atoms with Gasteiger partial charge in [0.2, 0.25) is 0 Å². The van der Waals surface area contributed by atoms with Gasteiger partial charge in [0.15, 0.2) is 0 Å². The lowest BCUT2D eigenvalue weighted by atomic mass is 9.98. The molecule has 3 N–H and O–H groups in total. The molecule has 0 spiro atoms. The first kappa shape index (κ1) is 38.2. The molecule has 270 valence electrons. The number of nitrogens with zero attached hydrogens (tertiary/aromatic N) is 1. The minimum Gasteiger partial charge on any atom is -0.449 e. The normalized spacial score (nSPS) is 13.5. The fourth-order valence-electron chi connectivity index (χ4n) is 6.32. The highest BCUT2D eigenvalue weighted by molar-refractivity contribution is 5.79. The molecule has 10 heteroatoms. The SMILES string of the molecule is CC(C)C[C@@H](CN(C(=O)OCc1ccccc1)[C@H](CO)CCCCNC(=O)OC(C)(C)C)NC(=O)OCC1c2ccccc2-c2ccccc21. The number of aliphatic hydroxyl groups is 1. The van der Waals surface area contributed by atoms with Gasteiger partial charge in [0.1, 0.15) is 18.8 Å². The zero-order valence-corrected chi connectivity index (χ0v) is 30.0. The molecule has 1 aliphatic carbocycles. The van der Waals surface area contributed by atoms with Crippen molar-refractivity contribution in [3.63, 3.8) is 0 Å². The Kier molecular flexibility index (Phi) is 14.1. The van der Waals surface area contributed by atoms with Gasteiger partial charge in [0.25, 0.3) is 0 Å². The van der Waals surface area contributed by atoms with Crippen molar-refractivity contribution in [1.29, 1.82) is 0 Å². The molecule has 3 aromatic rings. The molecule has 1 aliphatic rings. The second-order valence-electron chi connectivity index (χ2n) is 14.2. The summed E-state index contributed by atoms with van der Waals surface area (Å²) in [6.07, 6.45) is 0.649. The Morgan fingerprint density at radius 1 is 0.840 bits per heavy atom. The summed E-state index contributed by atoms with van der Waals surface area (Å²) in [6, 6.07) is 24.7. The lowest BCUT2D eigenvalue weighted by Gasteiger charge is -2.34. The monoisotopic (exact) mass is 687 g/mol. The van der Waals surface area contributed by atoms with E-state index in [1.54, 1.807) is 20.8 Å². The van der Waals surface area contributed by atoms with E-state index in [1.165, 1.54) is 4.90 Å². The van der Waals surface area contributed by atoms with Crippen LogP contribution in [0, 0.1) is 5.92 Å². The molecule has 4 rings (SSSR count). The van der Waals surface area contributed by atoms with Crippen LogP contribution in [0.2, 0.25) is 0 Å². The number of amides is 3. The van der Waals surface area contributed by atoms with Crippen molar-refractivity contribution in [3.8, 4) is 11.1 Å². The van der Waals surface area contributed by atoms with E-state index in [9.17, 15) is 19.5 Å². The van der Waals surface area contributed by atoms with Crippen LogP contribution in [-0.2, 0) is 20.8 Å². The summed E-state index contributed by atoms with van der Waals surface area (Å²) in [4.78, 5) is 40.5. The van der Waals surface area contributed by atoms with E-state index in [1.807, 2.05) is 68.4 Å². The average Bonchev–Trinajstić information content (AvgIpc) is 3.40. The van der Waals surface area contributed by atoms with E-state index in [4.69, 9.17) is 14.2 Å². The van der Waals surface area contributed by atoms with Gasteiger partial charge in [-0.1, -0.05) is 92.7 Å². The summed E-state index contributed by atoms with van der Waals surface area (Å²) in [5.74, 6) is 0.118. The fraction of sp³-hybridized carbons (Fsp3) is 0.475. The standard InChI is InChI=1S/C40H53N3O7/c1-28(2)23-30(42-38(46)48-27-36-34-20-11-9-18-32(34)33-19-10-12-21-35(33)36)24-43(39(47)49-26-29-15-7-6-8-16-29)31(25-44)17-13-14-22-41-37(45)50-40(3,4)5/h6-12,15-16,18-21,28,30-31,36,44H,13-14,17,22-27H2,1-5H3,(H,41,45)(H,42,46)/t30-,31-/m0/s1. The third-order valence-corrected chi connectivity index (χ3v) is 8.56. The topological polar surface area (TPSA) is 126 Å². The molecule has 3 amide bonds. The lowest BCUT2D eigenvalue weighted by Crippen LogP contribution is -2.51. The van der Waals surface area contributed by atoms with Gasteiger partial charge in [-0.15, -0.1) is 0 Å². The zero-order chi connectivity index (χ0) is 36.1. The number of ether oxygens (including phenoxy) is 3. The van der Waals surface area contributed by atoms with Crippen LogP contribution in [0.3, 0.4) is 0 Å². The molecule has 0 radical (unpaired) electrons. The van der Waals surface area contributed by atoms with Crippen LogP contribution in [0.25, 0.3) is 11.1 Å². The largest absolute Gasteiger partial charge is 0.449 e. The van der Waals surface area contributed by atoms with Gasteiger partial charge in [-0.05, 0) is 80.2 Å². The second kappa shape index (κ2) is 18.4. The number of rotatable bonds is 16. The van der Waals surface area contributed by atoms with Crippen LogP contribution in [0.5, 0.6) is 0 Å². The molecule has 50 heavy (non-hydrogen) atoms. The van der Waals surface area contributed by atoms with Crippen molar-refractivity contribution in [1.82, 2.24) is 15.5 Å². The van der Waals surface area contributed by atoms with Gasteiger partial charge >= 0.3 is 18.3 Å². The summed E-state index contributed by atoms with van der Waals surface area (Å²) in [6.45, 7) is 9.98. The minimum atomic E-state index is -0.590. The van der Waals surface area contributed by atoms with Gasteiger partial charge in [0, 0.05) is 19.0 Å². The van der Waals surface area contributed by atoms with Crippen LogP contribution in [-0.4, -0.2) is 72.3 Å². The van der Waals surface area contributed by atoms with Crippen LogP contribution in [0.1, 0.15) is 82.9 Å². The van der Waals surface area contributed by atoms with E-state index in [2.05, 4.69) is 34.9 Å². The van der Waals surface area contributed by atoms with E-state index in [0.717, 1.165) is 27.8 Å². The van der Waals surface area contributed by atoms with Crippen molar-refractivity contribution in [3.05, 3.63) is 95.6 Å². The Morgan fingerprint density at radius 3 is 2.06 bits per heavy atom. The van der Waals surface area contributed by atoms with Crippen LogP contribution >= 0.6 is 0 Å². The Bertz CT molecular complexity index is 1490. The molecule has 0 unspecified atom stereocenters. The molecule has 0 saturated carbocycles. The van der Waals surface area contributed by atoms with Gasteiger partial charge in [-0.3, -0.25) is 0 Å². The molecule has 2 atom stereocenters. The molecule has 0 heterocycles. The zero-order valence-electron chi connectivity index (χ0n) is 30.0. The second-order valence-corrected chi connectivity index (χ2v) is 14.2. The van der Waals surface area contributed by atoms with Crippen LogP contribution in [0.15, 0.2) is 78.9 Å². The van der Waals surface area contributed by atoms with E-state index < -0.39 is 36.0 Å². The maximum absolute atomic E-state index is 13.6. The first-order valence-electron chi connectivity index (χ1n) is 17.6. The maximum atomic E-state index is 13.6. The molecular weight excluding hydrogens is 634 g/mol. The molecule has 0 saturated heterocycles. The highest BCUT2D eigenvalue weighted by atomic mass is 16.6. The molecule has 0 bridgehead atoms. The molecule has 3 aromatic carbocycles. The molecular formula is C40H53N3O7. The number of hydrogen-bond acceptors (Lipinski definition) is 7. The molecule has 10 nitrogen and oxygen atoms in total. The summed E-state index contributed by atoms with van der Waals surface area (Å²) in [5.41, 5.74) is 4.79. The number of fused-ring (bicyclic) bond motifs is 3. The summed E-state index contributed by atoms with van der Waals surface area (Å²) in [5, 5.41) is 16.3. The Labute approximate surface area is 296 Å². The number of benzene rings is 3. The maximum Gasteiger partial charge on any atom is 0.410 e. The Hall–Kier alpha value is -4.57. The number of carbonyl (C=O) groups excluding carboxylic acids is 3. The van der Waals surface area contributed by atoms with Crippen LogP contribution < -0.4 is 10.6 Å². The van der Waals surface area contributed by atoms with Gasteiger partial charge in [0.05, 0.1) is 18.7 Å². The van der Waals surface area contributed by atoms with Crippen LogP contribution in [0.4, 0.5) is 14.4 Å². The van der Waals surface area contributed by atoms with Crippen molar-refractivity contribution in [2.75, 3.05) is 26.3 Å². The number of nitrogens with one attached hydrogen (secondary N) is 2. The van der Waals surface area contributed by atoms with Crippen molar-refractivity contribution in [2.24, 2.45) is 5.92 Å². The fourth-order valence-corrected chi connectivity index (χ4v) is 6.32. The minimum absolute atomic E-state index is 0.0722. The van der Waals surface area contributed by atoms with E-state index in [-0.39, 0.29) is 38.2 Å². The first-order chi connectivity index (χ1) is 23.9. The molecule has 0 aliphatic heterocycles. The third-order valence-electron chi connectivity index (χ3n) is 8.56. The number of carbonyl (C=O) groups is 3. The van der Waals surface area contributed by atoms with Gasteiger partial charge < -0.3 is 34.9 Å². The molecule has 0 aromatic heterocycles. The Morgan fingerprint density at radius 2 is 1.46 bits per heavy atom. The Balaban J connectivity index is 1.41. The predicted octanol–water partition coefficient (Wildman–Crippen LogP) is 7.63. The predicted molar refractivity (Wildman–Crippen MR) is 194 cm³/mol. The number of unbranched alkanes of at least 4 members (excludes halogenated alkanes) is 1. The van der Waals surface area contributed by atoms with E-state index in [0.29, 0.717) is 32.2 Å². The van der Waals surface area contributed by atoms with Crippen molar-refractivity contribution >= 4 is 18.3 Å². The first-order valence-corrected chi connectivity index (χ1v) is 17.6. The quantitative estimate of drug-likeness (QED) is 0.104. The summed E-state index contributed by atoms with van der Waals surface area (Å²) >= 11 is 0. The van der Waals surface area contributed by atoms with E-state index >= 15 is 0 Å². The number of alkyl carbamates (subject to hydrolysis) is 2. The van der Waals surface area contributed by atoms with Gasteiger partial charge in [-0.2, -0.15) is 0 Å². The average molecular weight is 688 g/mol. The highest BCUT2D eigenvalue weighted by Gasteiger charge is 2.31. The number of aliphatic hydroxyl groups excluding tert-OH is 1. The summed E-state index contributed by atoms with van der Waals surface area (Å²) in [7, 11) is 0. The third kappa shape index (κ3) is 11.5. The van der Waals surface area contributed by atoms with Gasteiger partial charge in [-0.25, -0.2) is 14.4 Å². The summed E-state index contributed by atoms with van der Waals surface area (Å²) < 4.78 is 16.9. The smallest absolute Gasteiger partial charge is 0.410 e. The lowest BCUT2D eigenvalue weighted by molar-refractivity contribution is 0.0519.